The van der Waals surface area contributed by atoms with Gasteiger partial charge in [0.25, 0.3) is 5.91 Å². The summed E-state index contributed by atoms with van der Waals surface area (Å²) in [6, 6.07) is 7.43. The number of hydrogen-bond acceptors (Lipinski definition) is 4. The van der Waals surface area contributed by atoms with Gasteiger partial charge in [0, 0.05) is 5.56 Å². The zero-order valence-electron chi connectivity index (χ0n) is 8.68. The highest BCUT2D eigenvalue weighted by molar-refractivity contribution is 7.06. The lowest BCUT2D eigenvalue weighted by atomic mass is 10.2. The Bertz CT molecular complexity index is 542. The van der Waals surface area contributed by atoms with Crippen molar-refractivity contribution in [3.63, 3.8) is 0 Å². The Morgan fingerprint density at radius 2 is 2.29 bits per heavy atom. The summed E-state index contributed by atoms with van der Waals surface area (Å²) in [5.41, 5.74) is 0.319. The van der Waals surface area contributed by atoms with Crippen molar-refractivity contribution in [1.82, 2.24) is 4.37 Å². The molecule has 1 aromatic heterocycles. The molecule has 0 saturated carbocycles. The maximum absolute atomic E-state index is 12.3. The van der Waals surface area contributed by atoms with Gasteiger partial charge in [-0.15, -0.1) is 0 Å². The van der Waals surface area contributed by atoms with Crippen LogP contribution in [0.4, 0.5) is 10.2 Å². The van der Waals surface area contributed by atoms with Gasteiger partial charge in [-0.05, 0) is 35.8 Å². The molecule has 17 heavy (non-hydrogen) atoms. The van der Waals surface area contributed by atoms with Crippen LogP contribution < -0.4 is 5.32 Å². The first-order valence-electron chi connectivity index (χ1n) is 4.81. The van der Waals surface area contributed by atoms with Gasteiger partial charge in [0.2, 0.25) is 0 Å². The maximum atomic E-state index is 12.3. The fourth-order valence-electron chi connectivity index (χ4n) is 1.27. The van der Waals surface area contributed by atoms with E-state index < -0.39 is 12.6 Å². The second-order valence-corrected chi connectivity index (χ2v) is 4.21. The first-order valence-corrected chi connectivity index (χ1v) is 5.58. The number of anilines is 1. The molecule has 2 aromatic rings. The number of amides is 1. The highest BCUT2D eigenvalue weighted by atomic mass is 32.1. The van der Waals surface area contributed by atoms with Crippen LogP contribution in [-0.4, -0.2) is 15.4 Å². The van der Waals surface area contributed by atoms with Crippen molar-refractivity contribution in [2.24, 2.45) is 0 Å². The summed E-state index contributed by atoms with van der Waals surface area (Å²) >= 11 is 1.00. The zero-order chi connectivity index (χ0) is 12.3. The molecule has 6 heteroatoms. The molecule has 1 heterocycles. The topological polar surface area (TPSA) is 62.2 Å². The van der Waals surface area contributed by atoms with Crippen molar-refractivity contribution in [2.75, 3.05) is 5.32 Å². The molecule has 0 aliphatic rings. The molecule has 2 N–H and O–H groups in total. The summed E-state index contributed by atoms with van der Waals surface area (Å²) in [5, 5.41) is 11.7. The van der Waals surface area contributed by atoms with Crippen LogP contribution in [0.5, 0.6) is 5.75 Å². The molecule has 0 radical (unpaired) electrons. The predicted molar refractivity (Wildman–Crippen MR) is 63.0 cm³/mol. The van der Waals surface area contributed by atoms with Crippen molar-refractivity contribution in [3.8, 4) is 5.75 Å². The van der Waals surface area contributed by atoms with Crippen LogP contribution in [0.25, 0.3) is 0 Å². The molecule has 0 saturated heterocycles. The van der Waals surface area contributed by atoms with Gasteiger partial charge in [-0.3, -0.25) is 4.79 Å². The Balaban J connectivity index is 2.11. The maximum Gasteiger partial charge on any atom is 0.256 e. The van der Waals surface area contributed by atoms with Crippen molar-refractivity contribution >= 4 is 23.3 Å². The summed E-state index contributed by atoms with van der Waals surface area (Å²) in [4.78, 5) is 12.2. The lowest BCUT2D eigenvalue weighted by molar-refractivity contribution is 0.102. The van der Waals surface area contributed by atoms with Gasteiger partial charge in [0.05, 0.1) is 4.88 Å². The number of carbonyl (C=O) groups is 1. The zero-order valence-corrected chi connectivity index (χ0v) is 9.50. The molecule has 0 spiro atoms. The summed E-state index contributed by atoms with van der Waals surface area (Å²) in [7, 11) is 0. The standard InChI is InChI=1S/C11H9FN2O2S/c12-6-9-5-10(14-17-9)13-11(16)7-2-1-3-8(15)4-7/h1-5,15H,6H2,(H,13,14,16). The van der Waals surface area contributed by atoms with Gasteiger partial charge in [0.15, 0.2) is 0 Å². The van der Waals surface area contributed by atoms with Crippen LogP contribution >= 0.6 is 11.5 Å². The van der Waals surface area contributed by atoms with Crippen molar-refractivity contribution in [2.45, 2.75) is 6.67 Å². The minimum absolute atomic E-state index is 0.0142. The molecule has 0 fully saturated rings. The Kier molecular flexibility index (Phi) is 3.34. The third-order valence-corrected chi connectivity index (χ3v) is 2.79. The Labute approximate surface area is 101 Å². The minimum atomic E-state index is -0.598. The van der Waals surface area contributed by atoms with Crippen LogP contribution in [0.3, 0.4) is 0 Å². The molecule has 1 amide bonds. The van der Waals surface area contributed by atoms with Crippen LogP contribution in [-0.2, 0) is 6.67 Å². The molecular weight excluding hydrogens is 243 g/mol. The van der Waals surface area contributed by atoms with Gasteiger partial charge >= 0.3 is 0 Å². The molecule has 0 unspecified atom stereocenters. The van der Waals surface area contributed by atoms with E-state index in [9.17, 15) is 14.3 Å². The van der Waals surface area contributed by atoms with E-state index in [-0.39, 0.29) is 5.75 Å². The molecule has 0 aliphatic carbocycles. The van der Waals surface area contributed by atoms with E-state index in [0.29, 0.717) is 16.3 Å². The van der Waals surface area contributed by atoms with Gasteiger partial charge in [-0.2, -0.15) is 4.37 Å². The minimum Gasteiger partial charge on any atom is -0.508 e. The van der Waals surface area contributed by atoms with E-state index in [2.05, 4.69) is 9.69 Å². The highest BCUT2D eigenvalue weighted by Gasteiger charge is 2.09. The van der Waals surface area contributed by atoms with Crippen molar-refractivity contribution in [1.29, 1.82) is 0 Å². The van der Waals surface area contributed by atoms with Gasteiger partial charge in [-0.25, -0.2) is 4.39 Å². The quantitative estimate of drug-likeness (QED) is 0.882. The SMILES string of the molecule is O=C(Nc1cc(CF)sn1)c1cccc(O)c1. The number of aromatic nitrogens is 1. The highest BCUT2D eigenvalue weighted by Crippen LogP contribution is 2.17. The number of phenols is 1. The van der Waals surface area contributed by atoms with Crippen molar-refractivity contribution < 1.29 is 14.3 Å². The molecule has 0 bridgehead atoms. The number of phenolic OH excluding ortho intramolecular Hbond substituents is 1. The molecule has 1 aromatic carbocycles. The summed E-state index contributed by atoms with van der Waals surface area (Å²) in [5.74, 6) is -0.0621. The number of nitrogens with zero attached hydrogens (tertiary/aromatic N) is 1. The molecular formula is C11H9FN2O2S. The molecule has 2 rings (SSSR count). The third kappa shape index (κ3) is 2.79. The number of rotatable bonds is 3. The van der Waals surface area contributed by atoms with Crippen LogP contribution in [0, 0.1) is 0 Å². The van der Waals surface area contributed by atoms with E-state index in [4.69, 9.17) is 0 Å². The van der Waals surface area contributed by atoms with E-state index in [1.807, 2.05) is 0 Å². The van der Waals surface area contributed by atoms with Gasteiger partial charge in [0.1, 0.15) is 18.2 Å². The van der Waals surface area contributed by atoms with E-state index in [0.717, 1.165) is 11.5 Å². The second kappa shape index (κ2) is 4.92. The Morgan fingerprint density at radius 1 is 1.47 bits per heavy atom. The first-order chi connectivity index (χ1) is 8.19. The lowest BCUT2D eigenvalue weighted by Gasteiger charge is -2.01. The molecule has 4 nitrogen and oxygen atoms in total. The molecule has 0 aliphatic heterocycles. The smallest absolute Gasteiger partial charge is 0.256 e. The number of aromatic hydroxyl groups is 1. The normalized spacial score (nSPS) is 10.2. The number of nitrogens with one attached hydrogen (secondary N) is 1. The number of benzene rings is 1. The van der Waals surface area contributed by atoms with E-state index in [1.165, 1.54) is 18.2 Å². The number of hydrogen-bond donors (Lipinski definition) is 2. The summed E-state index contributed by atoms with van der Waals surface area (Å²) in [6.07, 6.45) is 0. The van der Waals surface area contributed by atoms with Crippen LogP contribution in [0.1, 0.15) is 15.2 Å². The summed E-state index contributed by atoms with van der Waals surface area (Å²) in [6.45, 7) is -0.598. The molecule has 0 atom stereocenters. The second-order valence-electron chi connectivity index (χ2n) is 3.32. The van der Waals surface area contributed by atoms with Gasteiger partial charge < -0.3 is 10.4 Å². The fraction of sp³-hybridized carbons (Fsp3) is 0.0909. The lowest BCUT2D eigenvalue weighted by Crippen LogP contribution is -2.11. The largest absolute Gasteiger partial charge is 0.508 e. The Hall–Kier alpha value is -1.95. The average molecular weight is 252 g/mol. The predicted octanol–water partition coefficient (Wildman–Crippen LogP) is 2.57. The van der Waals surface area contributed by atoms with Crippen molar-refractivity contribution in [3.05, 3.63) is 40.8 Å². The average Bonchev–Trinajstić information content (AvgIpc) is 2.77. The fourth-order valence-corrected chi connectivity index (χ4v) is 1.80. The van der Waals surface area contributed by atoms with Crippen LogP contribution in [0.15, 0.2) is 30.3 Å². The Morgan fingerprint density at radius 3 is 2.94 bits per heavy atom. The number of alkyl halides is 1. The first kappa shape index (κ1) is 11.5. The third-order valence-electron chi connectivity index (χ3n) is 2.04. The molecule has 88 valence electrons. The monoisotopic (exact) mass is 252 g/mol. The number of halogens is 1. The van der Waals surface area contributed by atoms with E-state index in [1.54, 1.807) is 12.1 Å². The summed E-state index contributed by atoms with van der Waals surface area (Å²) < 4.78 is 16.2. The van der Waals surface area contributed by atoms with Crippen LogP contribution in [0.2, 0.25) is 0 Å². The van der Waals surface area contributed by atoms with E-state index >= 15 is 0 Å². The van der Waals surface area contributed by atoms with Gasteiger partial charge in [-0.1, -0.05) is 6.07 Å². The number of carbonyl (C=O) groups excluding carboxylic acids is 1.